The summed E-state index contributed by atoms with van der Waals surface area (Å²) < 4.78 is 0. The first-order valence-corrected chi connectivity index (χ1v) is 8.89. The van der Waals surface area contributed by atoms with Gasteiger partial charge in [0.1, 0.15) is 0 Å². The van der Waals surface area contributed by atoms with Gasteiger partial charge in [-0.3, -0.25) is 4.79 Å². The maximum Gasteiger partial charge on any atom is 0.223 e. The van der Waals surface area contributed by atoms with Crippen LogP contribution in [0, 0.1) is 5.92 Å². The highest BCUT2D eigenvalue weighted by atomic mass is 16.1. The largest absolute Gasteiger partial charge is 0.372 e. The van der Waals surface area contributed by atoms with E-state index in [9.17, 15) is 4.79 Å². The van der Waals surface area contributed by atoms with Gasteiger partial charge in [0.05, 0.1) is 6.04 Å². The summed E-state index contributed by atoms with van der Waals surface area (Å²) in [6, 6.07) is 8.86. The molecule has 1 aliphatic carbocycles. The third kappa shape index (κ3) is 3.63. The highest BCUT2D eigenvalue weighted by Crippen LogP contribution is 2.26. The van der Waals surface area contributed by atoms with E-state index >= 15 is 0 Å². The SMILES string of the molecule is C[C@@H](NC(=O)C1CCCC1)c1ccc(N2CCCCC2)cc1. The van der Waals surface area contributed by atoms with Gasteiger partial charge in [0.15, 0.2) is 0 Å². The Bertz CT molecular complexity index is 485. The Balaban J connectivity index is 1.58. The van der Waals surface area contributed by atoms with E-state index in [4.69, 9.17) is 0 Å². The summed E-state index contributed by atoms with van der Waals surface area (Å²) in [5.74, 6) is 0.486. The van der Waals surface area contributed by atoms with Gasteiger partial charge in [0.2, 0.25) is 5.91 Å². The average Bonchev–Trinajstić information content (AvgIpc) is 3.10. The van der Waals surface area contributed by atoms with E-state index in [1.807, 2.05) is 0 Å². The van der Waals surface area contributed by atoms with Gasteiger partial charge in [-0.15, -0.1) is 0 Å². The summed E-state index contributed by atoms with van der Waals surface area (Å²) in [5, 5.41) is 3.18. The zero-order chi connectivity index (χ0) is 15.4. The van der Waals surface area contributed by atoms with Crippen LogP contribution < -0.4 is 10.2 Å². The molecule has 2 aliphatic rings. The number of rotatable bonds is 4. The molecule has 3 rings (SSSR count). The zero-order valence-electron chi connectivity index (χ0n) is 13.7. The first kappa shape index (κ1) is 15.4. The number of anilines is 1. The Morgan fingerprint density at radius 1 is 1.05 bits per heavy atom. The topological polar surface area (TPSA) is 32.3 Å². The molecule has 1 N–H and O–H groups in total. The molecule has 1 aromatic carbocycles. The second-order valence-electron chi connectivity index (χ2n) is 6.85. The number of hydrogen-bond acceptors (Lipinski definition) is 2. The van der Waals surface area contributed by atoms with Crippen molar-refractivity contribution < 1.29 is 4.79 Å². The summed E-state index contributed by atoms with van der Waals surface area (Å²) in [6.45, 7) is 4.43. The molecule has 1 aliphatic heterocycles. The lowest BCUT2D eigenvalue weighted by molar-refractivity contribution is -0.125. The lowest BCUT2D eigenvalue weighted by Gasteiger charge is -2.29. The van der Waals surface area contributed by atoms with Crippen molar-refractivity contribution >= 4 is 11.6 Å². The van der Waals surface area contributed by atoms with Gasteiger partial charge in [-0.1, -0.05) is 25.0 Å². The summed E-state index contributed by atoms with van der Waals surface area (Å²) in [6.07, 6.45) is 8.50. The van der Waals surface area contributed by atoms with Crippen LogP contribution in [0.5, 0.6) is 0 Å². The first-order valence-electron chi connectivity index (χ1n) is 8.89. The van der Waals surface area contributed by atoms with Crippen LogP contribution in [-0.2, 0) is 4.79 Å². The second kappa shape index (κ2) is 7.17. The quantitative estimate of drug-likeness (QED) is 0.910. The van der Waals surface area contributed by atoms with Crippen molar-refractivity contribution in [3.63, 3.8) is 0 Å². The molecule has 1 heterocycles. The summed E-state index contributed by atoms with van der Waals surface area (Å²) >= 11 is 0. The summed E-state index contributed by atoms with van der Waals surface area (Å²) in [7, 11) is 0. The number of carbonyl (C=O) groups is 1. The van der Waals surface area contributed by atoms with E-state index in [0.717, 1.165) is 12.8 Å². The molecule has 3 nitrogen and oxygen atoms in total. The minimum absolute atomic E-state index is 0.100. The van der Waals surface area contributed by atoms with Crippen LogP contribution in [0.2, 0.25) is 0 Å². The fourth-order valence-corrected chi connectivity index (χ4v) is 3.73. The van der Waals surface area contributed by atoms with Crippen LogP contribution in [-0.4, -0.2) is 19.0 Å². The number of carbonyl (C=O) groups excluding carboxylic acids is 1. The van der Waals surface area contributed by atoms with Gasteiger partial charge in [-0.2, -0.15) is 0 Å². The minimum Gasteiger partial charge on any atom is -0.372 e. The molecule has 0 unspecified atom stereocenters. The van der Waals surface area contributed by atoms with Crippen LogP contribution in [0.15, 0.2) is 24.3 Å². The van der Waals surface area contributed by atoms with Crippen LogP contribution in [0.25, 0.3) is 0 Å². The predicted octanol–water partition coefficient (Wildman–Crippen LogP) is 4.04. The van der Waals surface area contributed by atoms with Crippen molar-refractivity contribution in [3.8, 4) is 0 Å². The van der Waals surface area contributed by atoms with Crippen molar-refractivity contribution in [2.24, 2.45) is 5.92 Å². The monoisotopic (exact) mass is 300 g/mol. The van der Waals surface area contributed by atoms with Crippen LogP contribution in [0.4, 0.5) is 5.69 Å². The van der Waals surface area contributed by atoms with Crippen LogP contribution in [0.3, 0.4) is 0 Å². The van der Waals surface area contributed by atoms with Crippen LogP contribution >= 0.6 is 0 Å². The van der Waals surface area contributed by atoms with E-state index in [1.165, 1.54) is 56.4 Å². The van der Waals surface area contributed by atoms with E-state index in [0.29, 0.717) is 0 Å². The van der Waals surface area contributed by atoms with Gasteiger partial charge in [-0.25, -0.2) is 0 Å². The molecule has 0 bridgehead atoms. The molecule has 2 fully saturated rings. The summed E-state index contributed by atoms with van der Waals surface area (Å²) in [4.78, 5) is 14.7. The van der Waals surface area contributed by atoms with Crippen LogP contribution in [0.1, 0.15) is 63.5 Å². The number of benzene rings is 1. The Kier molecular flexibility index (Phi) is 5.01. The highest BCUT2D eigenvalue weighted by molar-refractivity contribution is 5.79. The average molecular weight is 300 g/mol. The Hall–Kier alpha value is -1.51. The molecule has 1 atom stereocenters. The smallest absolute Gasteiger partial charge is 0.223 e. The Morgan fingerprint density at radius 3 is 2.32 bits per heavy atom. The Labute approximate surface area is 134 Å². The standard InChI is InChI=1S/C19H28N2O/c1-15(20-19(22)17-7-3-4-8-17)16-9-11-18(12-10-16)21-13-5-2-6-14-21/h9-12,15,17H,2-8,13-14H2,1H3,(H,20,22)/t15-/m1/s1. The number of nitrogens with one attached hydrogen (secondary N) is 1. The Morgan fingerprint density at radius 2 is 1.68 bits per heavy atom. The zero-order valence-corrected chi connectivity index (χ0v) is 13.7. The maximum atomic E-state index is 12.2. The van der Waals surface area contributed by atoms with Gasteiger partial charge in [-0.05, 0) is 56.7 Å². The van der Waals surface area contributed by atoms with Gasteiger partial charge in [0.25, 0.3) is 0 Å². The van der Waals surface area contributed by atoms with E-state index in [1.54, 1.807) is 0 Å². The molecule has 120 valence electrons. The first-order chi connectivity index (χ1) is 10.7. The predicted molar refractivity (Wildman–Crippen MR) is 91.0 cm³/mol. The molecular formula is C19H28N2O. The molecule has 0 spiro atoms. The fraction of sp³-hybridized carbons (Fsp3) is 0.632. The number of hydrogen-bond donors (Lipinski definition) is 1. The van der Waals surface area contributed by atoms with Crippen molar-refractivity contribution in [3.05, 3.63) is 29.8 Å². The molecule has 0 aromatic heterocycles. The molecular weight excluding hydrogens is 272 g/mol. The second-order valence-corrected chi connectivity index (χ2v) is 6.85. The van der Waals surface area contributed by atoms with Crippen molar-refractivity contribution in [1.29, 1.82) is 0 Å². The third-order valence-electron chi connectivity index (χ3n) is 5.20. The molecule has 1 amide bonds. The number of piperidine rings is 1. The number of nitrogens with zero attached hydrogens (tertiary/aromatic N) is 1. The van der Waals surface area contributed by atoms with Gasteiger partial charge >= 0.3 is 0 Å². The van der Waals surface area contributed by atoms with E-state index < -0.39 is 0 Å². The summed E-state index contributed by atoms with van der Waals surface area (Å²) in [5.41, 5.74) is 2.52. The molecule has 3 heteroatoms. The third-order valence-corrected chi connectivity index (χ3v) is 5.20. The van der Waals surface area contributed by atoms with Gasteiger partial charge in [0, 0.05) is 24.7 Å². The maximum absolute atomic E-state index is 12.2. The highest BCUT2D eigenvalue weighted by Gasteiger charge is 2.23. The molecule has 1 aromatic rings. The van der Waals surface area contributed by atoms with E-state index in [-0.39, 0.29) is 17.9 Å². The molecule has 0 radical (unpaired) electrons. The minimum atomic E-state index is 0.100. The van der Waals surface area contributed by atoms with Crippen molar-refractivity contribution in [1.82, 2.24) is 5.32 Å². The molecule has 22 heavy (non-hydrogen) atoms. The van der Waals surface area contributed by atoms with Crippen molar-refractivity contribution in [2.45, 2.75) is 57.9 Å². The molecule has 1 saturated heterocycles. The van der Waals surface area contributed by atoms with E-state index in [2.05, 4.69) is 41.4 Å². The van der Waals surface area contributed by atoms with Crippen molar-refractivity contribution in [2.75, 3.05) is 18.0 Å². The fourth-order valence-electron chi connectivity index (χ4n) is 3.73. The van der Waals surface area contributed by atoms with Gasteiger partial charge < -0.3 is 10.2 Å². The normalized spacial score (nSPS) is 20.9. The lowest BCUT2D eigenvalue weighted by atomic mass is 10.0. The lowest BCUT2D eigenvalue weighted by Crippen LogP contribution is -2.32. The molecule has 1 saturated carbocycles. The number of amides is 1.